The first-order valence-corrected chi connectivity index (χ1v) is 7.25. The van der Waals surface area contributed by atoms with Gasteiger partial charge in [0.2, 0.25) is 0 Å². The quantitative estimate of drug-likeness (QED) is 0.633. The normalized spacial score (nSPS) is 10.8. The van der Waals surface area contributed by atoms with Crippen LogP contribution in [0.4, 0.5) is 0 Å². The third kappa shape index (κ3) is 3.32. The molecule has 0 bridgehead atoms. The van der Waals surface area contributed by atoms with Crippen molar-refractivity contribution >= 4 is 8.80 Å². The summed E-state index contributed by atoms with van der Waals surface area (Å²) in [6.45, 7) is 5.79. The Morgan fingerprint density at radius 1 is 1.45 bits per heavy atom. The van der Waals surface area contributed by atoms with Crippen molar-refractivity contribution in [2.45, 2.75) is 32.1 Å². The Labute approximate surface area is 69.0 Å². The molecular formula is C7H15N3Si. The second kappa shape index (κ2) is 4.28. The molecule has 1 heterocycles. The molecule has 4 heteroatoms. The fraction of sp³-hybridized carbons (Fsp3) is 0.714. The van der Waals surface area contributed by atoms with Gasteiger partial charge in [-0.25, -0.2) is 0 Å². The van der Waals surface area contributed by atoms with E-state index in [4.69, 9.17) is 0 Å². The minimum absolute atomic E-state index is 0.354. The Morgan fingerprint density at radius 2 is 2.27 bits per heavy atom. The van der Waals surface area contributed by atoms with Gasteiger partial charge in [0.25, 0.3) is 0 Å². The Morgan fingerprint density at radius 3 is 2.82 bits per heavy atom. The van der Waals surface area contributed by atoms with Gasteiger partial charge >= 0.3 is 0 Å². The monoisotopic (exact) mass is 169 g/mol. The van der Waals surface area contributed by atoms with Crippen molar-refractivity contribution in [3.8, 4) is 0 Å². The number of nitrogens with zero attached hydrogens (tertiary/aromatic N) is 3. The van der Waals surface area contributed by atoms with Gasteiger partial charge in [-0.1, -0.05) is 24.4 Å². The molecule has 0 fully saturated rings. The standard InChI is InChI=1S/C7H15N3Si/c1-11(2)7-3-5-10-6-4-8-9-10/h4,6,11H,3,5,7H2,1-2H3. The number of aryl methyl sites for hydroxylation is 1. The van der Waals surface area contributed by atoms with Crippen LogP contribution in [0, 0.1) is 0 Å². The van der Waals surface area contributed by atoms with Gasteiger partial charge < -0.3 is 0 Å². The van der Waals surface area contributed by atoms with E-state index in [9.17, 15) is 0 Å². The van der Waals surface area contributed by atoms with Crippen molar-refractivity contribution in [3.05, 3.63) is 12.4 Å². The highest BCUT2D eigenvalue weighted by atomic mass is 28.3. The van der Waals surface area contributed by atoms with E-state index in [0.717, 1.165) is 6.54 Å². The van der Waals surface area contributed by atoms with Crippen LogP contribution >= 0.6 is 0 Å². The van der Waals surface area contributed by atoms with Crippen LogP contribution in [0.3, 0.4) is 0 Å². The van der Waals surface area contributed by atoms with Crippen LogP contribution in [0.15, 0.2) is 12.4 Å². The molecule has 0 N–H and O–H groups in total. The van der Waals surface area contributed by atoms with Crippen molar-refractivity contribution in [3.63, 3.8) is 0 Å². The molecule has 0 unspecified atom stereocenters. The summed E-state index contributed by atoms with van der Waals surface area (Å²) < 4.78 is 1.90. The van der Waals surface area contributed by atoms with Gasteiger partial charge in [0.05, 0.1) is 6.20 Å². The molecule has 0 saturated heterocycles. The molecule has 1 aromatic heterocycles. The summed E-state index contributed by atoms with van der Waals surface area (Å²) in [5, 5.41) is 7.64. The van der Waals surface area contributed by atoms with Gasteiger partial charge in [-0.2, -0.15) is 0 Å². The first-order valence-electron chi connectivity index (χ1n) is 4.13. The van der Waals surface area contributed by atoms with Crippen LogP contribution in [0.5, 0.6) is 0 Å². The van der Waals surface area contributed by atoms with E-state index in [2.05, 4.69) is 23.4 Å². The van der Waals surface area contributed by atoms with E-state index >= 15 is 0 Å². The number of hydrogen-bond acceptors (Lipinski definition) is 2. The van der Waals surface area contributed by atoms with Crippen molar-refractivity contribution in [2.24, 2.45) is 0 Å². The molecule has 0 aromatic carbocycles. The molecule has 11 heavy (non-hydrogen) atoms. The fourth-order valence-corrected chi connectivity index (χ4v) is 2.01. The number of rotatable bonds is 4. The van der Waals surface area contributed by atoms with Crippen molar-refractivity contribution in [2.75, 3.05) is 0 Å². The van der Waals surface area contributed by atoms with Crippen LogP contribution in [0.25, 0.3) is 0 Å². The molecule has 0 radical (unpaired) electrons. The Balaban J connectivity index is 2.14. The van der Waals surface area contributed by atoms with Gasteiger partial charge in [-0.15, -0.1) is 5.10 Å². The summed E-state index contributed by atoms with van der Waals surface area (Å²) >= 11 is 0. The second-order valence-electron chi connectivity index (χ2n) is 3.20. The average molecular weight is 169 g/mol. The maximum Gasteiger partial charge on any atom is 0.0692 e. The number of aromatic nitrogens is 3. The summed E-state index contributed by atoms with van der Waals surface area (Å²) in [6, 6.07) is 1.40. The van der Waals surface area contributed by atoms with Crippen molar-refractivity contribution in [1.29, 1.82) is 0 Å². The average Bonchev–Trinajstić information content (AvgIpc) is 2.39. The zero-order valence-corrected chi connectivity index (χ0v) is 8.35. The van der Waals surface area contributed by atoms with E-state index in [1.165, 1.54) is 12.5 Å². The molecule has 0 spiro atoms. The lowest BCUT2D eigenvalue weighted by Crippen LogP contribution is -2.04. The summed E-state index contributed by atoms with van der Waals surface area (Å²) in [7, 11) is -0.354. The van der Waals surface area contributed by atoms with E-state index in [1.807, 2.05) is 10.9 Å². The minimum Gasteiger partial charge on any atom is -0.253 e. The Bertz CT molecular complexity index is 184. The van der Waals surface area contributed by atoms with E-state index < -0.39 is 0 Å². The lowest BCUT2D eigenvalue weighted by Gasteiger charge is -2.01. The molecule has 0 aliphatic heterocycles. The third-order valence-electron chi connectivity index (χ3n) is 1.64. The van der Waals surface area contributed by atoms with Gasteiger partial charge in [-0.05, 0) is 6.42 Å². The van der Waals surface area contributed by atoms with Crippen LogP contribution < -0.4 is 0 Å². The summed E-state index contributed by atoms with van der Waals surface area (Å²) in [5.74, 6) is 0. The summed E-state index contributed by atoms with van der Waals surface area (Å²) in [6.07, 6.45) is 4.90. The highest BCUT2D eigenvalue weighted by Crippen LogP contribution is 1.98. The maximum atomic E-state index is 3.90. The van der Waals surface area contributed by atoms with Crippen LogP contribution in [0.2, 0.25) is 19.1 Å². The molecule has 62 valence electrons. The maximum absolute atomic E-state index is 3.90. The van der Waals surface area contributed by atoms with Gasteiger partial charge in [0, 0.05) is 21.5 Å². The van der Waals surface area contributed by atoms with Crippen LogP contribution in [-0.4, -0.2) is 23.8 Å². The minimum atomic E-state index is -0.354. The number of hydrogen-bond donors (Lipinski definition) is 0. The van der Waals surface area contributed by atoms with E-state index in [0.29, 0.717) is 0 Å². The van der Waals surface area contributed by atoms with Gasteiger partial charge in [-0.3, -0.25) is 4.68 Å². The smallest absolute Gasteiger partial charge is 0.0692 e. The molecule has 3 nitrogen and oxygen atoms in total. The highest BCUT2D eigenvalue weighted by molar-refractivity contribution is 6.55. The van der Waals surface area contributed by atoms with E-state index in [1.54, 1.807) is 6.20 Å². The predicted octanol–water partition coefficient (Wildman–Crippen LogP) is 1.15. The van der Waals surface area contributed by atoms with Crippen LogP contribution in [-0.2, 0) is 6.54 Å². The predicted molar refractivity (Wildman–Crippen MR) is 48.3 cm³/mol. The molecule has 0 atom stereocenters. The lowest BCUT2D eigenvalue weighted by molar-refractivity contribution is 0.577. The first kappa shape index (κ1) is 8.45. The Kier molecular flexibility index (Phi) is 3.29. The topological polar surface area (TPSA) is 30.7 Å². The highest BCUT2D eigenvalue weighted by Gasteiger charge is 1.96. The zero-order chi connectivity index (χ0) is 8.10. The van der Waals surface area contributed by atoms with Gasteiger partial charge in [0.1, 0.15) is 0 Å². The van der Waals surface area contributed by atoms with Gasteiger partial charge in [0.15, 0.2) is 0 Å². The molecule has 1 rings (SSSR count). The molecule has 0 saturated carbocycles. The van der Waals surface area contributed by atoms with Crippen molar-refractivity contribution < 1.29 is 0 Å². The van der Waals surface area contributed by atoms with E-state index in [-0.39, 0.29) is 8.80 Å². The third-order valence-corrected chi connectivity index (χ3v) is 3.20. The molecule has 1 aromatic rings. The second-order valence-corrected chi connectivity index (χ2v) is 6.57. The van der Waals surface area contributed by atoms with Crippen molar-refractivity contribution in [1.82, 2.24) is 15.0 Å². The molecule has 0 aliphatic rings. The molecular weight excluding hydrogens is 154 g/mol. The van der Waals surface area contributed by atoms with Crippen LogP contribution in [0.1, 0.15) is 6.42 Å². The lowest BCUT2D eigenvalue weighted by atomic mass is 10.5. The fourth-order valence-electron chi connectivity index (χ4n) is 1.01. The Hall–Kier alpha value is -0.643. The SMILES string of the molecule is C[SiH](C)CCCn1ccnn1. The largest absolute Gasteiger partial charge is 0.253 e. The summed E-state index contributed by atoms with van der Waals surface area (Å²) in [4.78, 5) is 0. The molecule has 0 amide bonds. The molecule has 0 aliphatic carbocycles. The summed E-state index contributed by atoms with van der Waals surface area (Å²) in [5.41, 5.74) is 0. The zero-order valence-electron chi connectivity index (χ0n) is 7.20. The first-order chi connectivity index (χ1) is 5.29.